The molecule has 0 aromatic carbocycles. The van der Waals surface area contributed by atoms with E-state index in [1.807, 2.05) is 13.8 Å². The van der Waals surface area contributed by atoms with Crippen LogP contribution in [0.2, 0.25) is 0 Å². The van der Waals surface area contributed by atoms with Crippen LogP contribution in [-0.2, 0) is 0 Å². The van der Waals surface area contributed by atoms with Gasteiger partial charge in [-0.15, -0.1) is 0 Å². The minimum atomic E-state index is 0.245. The molecule has 22 heavy (non-hydrogen) atoms. The molecule has 6 atom stereocenters. The summed E-state index contributed by atoms with van der Waals surface area (Å²) in [4.78, 5) is 0. The first kappa shape index (κ1) is 18.0. The molecule has 0 aliphatic heterocycles. The molecule has 2 nitrogen and oxygen atoms in total. The Morgan fingerprint density at radius 2 is 1.77 bits per heavy atom. The van der Waals surface area contributed by atoms with E-state index in [0.29, 0.717) is 6.54 Å². The summed E-state index contributed by atoms with van der Waals surface area (Å²) in [5.41, 5.74) is 4.06. The third-order valence-electron chi connectivity index (χ3n) is 7.28. The second-order valence-corrected chi connectivity index (χ2v) is 7.95. The maximum absolute atomic E-state index is 9.00. The van der Waals surface area contributed by atoms with Crippen LogP contribution in [0.1, 0.15) is 72.6 Å². The average molecular weight is 308 g/mol. The molecule has 3 saturated carbocycles. The number of rotatable bonds is 3. The predicted octanol–water partition coefficient (Wildman–Crippen LogP) is 5.43. The molecule has 0 heterocycles. The normalized spacial score (nSPS) is 43.9. The molecular formula is C20H37NO. The molecule has 128 valence electrons. The Hall–Kier alpha value is -0.340. The van der Waals surface area contributed by atoms with Crippen LogP contribution in [0, 0.1) is 35.0 Å². The maximum Gasteiger partial charge on any atom is 0.0215 e. The van der Waals surface area contributed by atoms with E-state index in [9.17, 15) is 0 Å². The summed E-state index contributed by atoms with van der Waals surface area (Å²) >= 11 is 0. The summed E-state index contributed by atoms with van der Waals surface area (Å²) in [7, 11) is 0. The van der Waals surface area contributed by atoms with Crippen LogP contribution in [0.4, 0.5) is 0 Å². The molecule has 3 fully saturated rings. The lowest BCUT2D eigenvalue weighted by atomic mass is 9.51. The average Bonchev–Trinajstić information content (AvgIpc) is 2.93. The Morgan fingerprint density at radius 1 is 1.09 bits per heavy atom. The first-order valence-corrected chi connectivity index (χ1v) is 9.63. The van der Waals surface area contributed by atoms with Gasteiger partial charge >= 0.3 is 0 Å². The van der Waals surface area contributed by atoms with Crippen molar-refractivity contribution in [1.82, 2.24) is 5.48 Å². The van der Waals surface area contributed by atoms with Crippen LogP contribution in [0.3, 0.4) is 0 Å². The van der Waals surface area contributed by atoms with E-state index in [0.717, 1.165) is 36.0 Å². The van der Waals surface area contributed by atoms with Gasteiger partial charge in [0.25, 0.3) is 0 Å². The number of fused-ring (bicyclic) bond motifs is 3. The molecule has 0 saturated heterocycles. The van der Waals surface area contributed by atoms with Crippen LogP contribution in [0.25, 0.3) is 0 Å². The third kappa shape index (κ3) is 3.01. The van der Waals surface area contributed by atoms with E-state index in [1.54, 1.807) is 0 Å². The lowest BCUT2D eigenvalue weighted by Crippen LogP contribution is -2.46. The lowest BCUT2D eigenvalue weighted by molar-refractivity contribution is -0.00566. The highest BCUT2D eigenvalue weighted by molar-refractivity contribution is 5.18. The predicted molar refractivity (Wildman–Crippen MR) is 93.8 cm³/mol. The Labute approximate surface area is 137 Å². The van der Waals surface area contributed by atoms with Gasteiger partial charge in [0.15, 0.2) is 0 Å². The second kappa shape index (κ2) is 7.49. The quantitative estimate of drug-likeness (QED) is 0.538. The largest absolute Gasteiger partial charge is 0.317 e. The monoisotopic (exact) mass is 307 g/mol. The van der Waals surface area contributed by atoms with Crippen molar-refractivity contribution in [1.29, 1.82) is 0 Å². The zero-order chi connectivity index (χ0) is 16.3. The fourth-order valence-electron chi connectivity index (χ4n) is 5.99. The second-order valence-electron chi connectivity index (χ2n) is 7.95. The van der Waals surface area contributed by atoms with E-state index in [4.69, 9.17) is 5.21 Å². The van der Waals surface area contributed by atoms with Gasteiger partial charge in [-0.1, -0.05) is 46.3 Å². The fraction of sp³-hybridized carbons (Fsp3) is 0.900. The molecule has 3 rings (SSSR count). The van der Waals surface area contributed by atoms with E-state index in [1.165, 1.54) is 44.1 Å². The minimum absolute atomic E-state index is 0.245. The number of hydroxylamine groups is 1. The molecule has 0 amide bonds. The van der Waals surface area contributed by atoms with Gasteiger partial charge < -0.3 is 5.21 Å². The molecule has 6 unspecified atom stereocenters. The molecule has 0 aromatic rings. The molecule has 3 aliphatic carbocycles. The molecule has 0 bridgehead atoms. The van der Waals surface area contributed by atoms with Crippen molar-refractivity contribution in [3.05, 3.63) is 12.2 Å². The maximum atomic E-state index is 9.00. The highest BCUT2D eigenvalue weighted by Gasteiger charge is 2.52. The van der Waals surface area contributed by atoms with Crippen molar-refractivity contribution in [2.24, 2.45) is 35.0 Å². The lowest BCUT2D eigenvalue weighted by Gasteiger charge is -2.54. The topological polar surface area (TPSA) is 32.3 Å². The summed E-state index contributed by atoms with van der Waals surface area (Å²) < 4.78 is 0. The Bertz CT molecular complexity index is 380. The zero-order valence-electron chi connectivity index (χ0n) is 15.2. The number of hydrogen-bond donors (Lipinski definition) is 2. The van der Waals surface area contributed by atoms with Gasteiger partial charge in [-0.25, -0.2) is 5.48 Å². The molecule has 2 heteroatoms. The van der Waals surface area contributed by atoms with Crippen molar-refractivity contribution >= 4 is 0 Å². The molecule has 0 aromatic heterocycles. The smallest absolute Gasteiger partial charge is 0.0215 e. The van der Waals surface area contributed by atoms with Crippen LogP contribution in [0.5, 0.6) is 0 Å². The van der Waals surface area contributed by atoms with Crippen LogP contribution < -0.4 is 5.48 Å². The summed E-state index contributed by atoms with van der Waals surface area (Å²) in [6.07, 6.45) is 9.36. The number of hydrogen-bond acceptors (Lipinski definition) is 2. The Kier molecular flexibility index (Phi) is 6.13. The molecule has 0 spiro atoms. The number of nitrogens with one attached hydrogen (secondary N) is 1. The summed E-state index contributed by atoms with van der Waals surface area (Å²) in [6.45, 7) is 14.0. The van der Waals surface area contributed by atoms with Gasteiger partial charge in [0.05, 0.1) is 0 Å². The SMILES string of the molecule is C=C1CCC2C3CCC(C)C3CCC2C1(C)CCNO.CC. The van der Waals surface area contributed by atoms with E-state index in [-0.39, 0.29) is 5.41 Å². The van der Waals surface area contributed by atoms with E-state index < -0.39 is 0 Å². The summed E-state index contributed by atoms with van der Waals surface area (Å²) in [5.74, 6) is 4.68. The summed E-state index contributed by atoms with van der Waals surface area (Å²) in [5, 5.41) is 9.00. The van der Waals surface area contributed by atoms with Gasteiger partial charge in [-0.05, 0) is 73.5 Å². The van der Waals surface area contributed by atoms with Crippen LogP contribution >= 0.6 is 0 Å². The van der Waals surface area contributed by atoms with Crippen LogP contribution in [-0.4, -0.2) is 11.8 Å². The van der Waals surface area contributed by atoms with Crippen molar-refractivity contribution in [3.8, 4) is 0 Å². The first-order chi connectivity index (χ1) is 10.6. The Morgan fingerprint density at radius 3 is 2.45 bits per heavy atom. The van der Waals surface area contributed by atoms with Crippen molar-refractivity contribution < 1.29 is 5.21 Å². The van der Waals surface area contributed by atoms with Gasteiger partial charge in [0.2, 0.25) is 0 Å². The first-order valence-electron chi connectivity index (χ1n) is 9.63. The standard InChI is InChI=1S/C18H31NO.C2H6/c1-12-4-6-15-14(12)8-9-17-16(15)7-5-13(2)18(17,3)10-11-19-20;1-2/h12,14-17,19-20H,2,4-11H2,1,3H3;1-2H3. The van der Waals surface area contributed by atoms with Crippen molar-refractivity contribution in [2.75, 3.05) is 6.54 Å². The van der Waals surface area contributed by atoms with E-state index >= 15 is 0 Å². The molecular weight excluding hydrogens is 270 g/mol. The number of allylic oxidation sites excluding steroid dienone is 1. The third-order valence-corrected chi connectivity index (χ3v) is 7.28. The van der Waals surface area contributed by atoms with Crippen molar-refractivity contribution in [3.63, 3.8) is 0 Å². The van der Waals surface area contributed by atoms with Crippen LogP contribution in [0.15, 0.2) is 12.2 Å². The van der Waals surface area contributed by atoms with E-state index in [2.05, 4.69) is 25.9 Å². The molecule has 3 aliphatic rings. The molecule has 2 N–H and O–H groups in total. The summed E-state index contributed by atoms with van der Waals surface area (Å²) in [6, 6.07) is 0. The van der Waals surface area contributed by atoms with Gasteiger partial charge in [0.1, 0.15) is 0 Å². The van der Waals surface area contributed by atoms with Gasteiger partial charge in [-0.3, -0.25) is 0 Å². The zero-order valence-corrected chi connectivity index (χ0v) is 15.2. The fourth-order valence-corrected chi connectivity index (χ4v) is 5.99. The molecule has 0 radical (unpaired) electrons. The minimum Gasteiger partial charge on any atom is -0.317 e. The van der Waals surface area contributed by atoms with Crippen molar-refractivity contribution in [2.45, 2.75) is 72.6 Å². The van der Waals surface area contributed by atoms with Gasteiger partial charge in [-0.2, -0.15) is 0 Å². The van der Waals surface area contributed by atoms with Gasteiger partial charge in [0, 0.05) is 6.54 Å². The Balaban J connectivity index is 0.000000847. The highest BCUT2D eigenvalue weighted by atomic mass is 16.5. The highest BCUT2D eigenvalue weighted by Crippen LogP contribution is 2.61.